The highest BCUT2D eigenvalue weighted by Gasteiger charge is 2.23. The average Bonchev–Trinajstić information content (AvgIpc) is 2.82. The molecule has 0 radical (unpaired) electrons. The smallest absolute Gasteiger partial charge is 0.341 e. The lowest BCUT2D eigenvalue weighted by Gasteiger charge is -2.27. The Balaban J connectivity index is 3.13. The number of esters is 1. The maximum atomic E-state index is 12.1. The Morgan fingerprint density at radius 2 is 2.05 bits per heavy atom. The number of carbonyl (C=O) groups is 2. The minimum Gasteiger partial charge on any atom is -0.481 e. The number of anilines is 1. The summed E-state index contributed by atoms with van der Waals surface area (Å²) in [6.07, 6.45) is 0.877. The molecule has 0 saturated heterocycles. The van der Waals surface area contributed by atoms with Crippen molar-refractivity contribution >= 4 is 28.3 Å². The summed E-state index contributed by atoms with van der Waals surface area (Å²) in [7, 11) is 0. The van der Waals surface area contributed by atoms with E-state index < -0.39 is 5.97 Å². The molecule has 0 aliphatic heterocycles. The van der Waals surface area contributed by atoms with Gasteiger partial charge in [0, 0.05) is 17.5 Å². The third kappa shape index (κ3) is 4.74. The molecule has 0 amide bonds. The van der Waals surface area contributed by atoms with E-state index >= 15 is 0 Å². The van der Waals surface area contributed by atoms with E-state index in [0.29, 0.717) is 18.7 Å². The van der Waals surface area contributed by atoms with E-state index in [1.165, 1.54) is 11.3 Å². The predicted molar refractivity (Wildman–Crippen MR) is 84.4 cm³/mol. The molecule has 0 spiro atoms. The lowest BCUT2D eigenvalue weighted by atomic mass is 10.2. The van der Waals surface area contributed by atoms with Crippen molar-refractivity contribution in [3.8, 4) is 0 Å². The van der Waals surface area contributed by atoms with E-state index in [2.05, 4.69) is 0 Å². The molecule has 21 heavy (non-hydrogen) atoms. The lowest BCUT2D eigenvalue weighted by Crippen LogP contribution is -2.33. The molecule has 0 saturated carbocycles. The van der Waals surface area contributed by atoms with Crippen LogP contribution in [-0.2, 0) is 16.0 Å². The molecule has 1 aromatic heterocycles. The Morgan fingerprint density at radius 3 is 2.52 bits per heavy atom. The molecule has 118 valence electrons. The van der Waals surface area contributed by atoms with E-state index in [1.54, 1.807) is 6.92 Å². The second-order valence-electron chi connectivity index (χ2n) is 4.94. The number of nitrogens with zero attached hydrogens (tertiary/aromatic N) is 1. The number of hydrogen-bond acceptors (Lipinski definition) is 5. The van der Waals surface area contributed by atoms with Crippen LogP contribution in [0.15, 0.2) is 6.07 Å². The van der Waals surface area contributed by atoms with E-state index in [9.17, 15) is 9.59 Å². The fourth-order valence-electron chi connectivity index (χ4n) is 1.98. The van der Waals surface area contributed by atoms with Gasteiger partial charge in [0.25, 0.3) is 0 Å². The van der Waals surface area contributed by atoms with E-state index in [1.807, 2.05) is 31.7 Å². The standard InChI is InChI=1S/C15H23NO4S/c1-5-11-9-12(15(19)20-6-2)14(21-11)16(10(3)4)8-7-13(17)18/h9-10H,5-8H2,1-4H3,(H,17,18). The van der Waals surface area contributed by atoms with Gasteiger partial charge < -0.3 is 14.7 Å². The van der Waals surface area contributed by atoms with Crippen LogP contribution < -0.4 is 4.90 Å². The van der Waals surface area contributed by atoms with Crippen molar-refractivity contribution in [3.63, 3.8) is 0 Å². The van der Waals surface area contributed by atoms with Crippen molar-refractivity contribution < 1.29 is 19.4 Å². The summed E-state index contributed by atoms with van der Waals surface area (Å²) in [4.78, 5) is 26.0. The summed E-state index contributed by atoms with van der Waals surface area (Å²) in [5, 5.41) is 9.70. The molecule has 0 unspecified atom stereocenters. The second-order valence-corrected chi connectivity index (χ2v) is 6.05. The Hall–Kier alpha value is -1.56. The quantitative estimate of drug-likeness (QED) is 0.747. The zero-order valence-corrected chi connectivity index (χ0v) is 13.8. The number of carbonyl (C=O) groups excluding carboxylic acids is 1. The highest BCUT2D eigenvalue weighted by Crippen LogP contribution is 2.34. The minimum absolute atomic E-state index is 0.0415. The van der Waals surface area contributed by atoms with Crippen molar-refractivity contribution in [2.75, 3.05) is 18.1 Å². The number of carboxylic acid groups (broad SMARTS) is 1. The molecule has 1 heterocycles. The van der Waals surface area contributed by atoms with Gasteiger partial charge in [0.15, 0.2) is 0 Å². The highest BCUT2D eigenvalue weighted by atomic mass is 32.1. The van der Waals surface area contributed by atoms with Crippen molar-refractivity contribution in [3.05, 3.63) is 16.5 Å². The highest BCUT2D eigenvalue weighted by molar-refractivity contribution is 7.16. The van der Waals surface area contributed by atoms with Gasteiger partial charge >= 0.3 is 11.9 Å². The van der Waals surface area contributed by atoms with Gasteiger partial charge in [-0.25, -0.2) is 4.79 Å². The number of carboxylic acids is 1. The van der Waals surface area contributed by atoms with Crippen molar-refractivity contribution in [1.29, 1.82) is 0 Å². The molecule has 0 bridgehead atoms. The first kappa shape index (κ1) is 17.5. The monoisotopic (exact) mass is 313 g/mol. The summed E-state index contributed by atoms with van der Waals surface area (Å²) >= 11 is 1.53. The molecule has 0 fully saturated rings. The zero-order chi connectivity index (χ0) is 16.0. The molecular weight excluding hydrogens is 290 g/mol. The Bertz CT molecular complexity index is 496. The summed E-state index contributed by atoms with van der Waals surface area (Å²) in [5.74, 6) is -1.19. The fraction of sp³-hybridized carbons (Fsp3) is 0.600. The number of thiophene rings is 1. The van der Waals surface area contributed by atoms with Crippen LogP contribution in [0.25, 0.3) is 0 Å². The summed E-state index contributed by atoms with van der Waals surface area (Å²) in [6.45, 7) is 8.48. The van der Waals surface area contributed by atoms with Crippen LogP contribution in [0.4, 0.5) is 5.00 Å². The Labute approximate surface area is 129 Å². The third-order valence-corrected chi connectivity index (χ3v) is 4.37. The van der Waals surface area contributed by atoms with Gasteiger partial charge in [-0.1, -0.05) is 6.92 Å². The van der Waals surface area contributed by atoms with Gasteiger partial charge in [-0.2, -0.15) is 0 Å². The summed E-state index contributed by atoms with van der Waals surface area (Å²) in [5.41, 5.74) is 0.540. The molecule has 6 heteroatoms. The van der Waals surface area contributed by atoms with Crippen LogP contribution in [-0.4, -0.2) is 36.2 Å². The van der Waals surface area contributed by atoms with Crippen LogP contribution in [0.5, 0.6) is 0 Å². The minimum atomic E-state index is -0.842. The molecule has 0 aromatic carbocycles. The van der Waals surface area contributed by atoms with Crippen molar-refractivity contribution in [2.24, 2.45) is 0 Å². The first-order valence-electron chi connectivity index (χ1n) is 7.18. The fourth-order valence-corrected chi connectivity index (χ4v) is 3.23. The normalized spacial score (nSPS) is 10.7. The summed E-state index contributed by atoms with van der Waals surface area (Å²) in [6, 6.07) is 1.97. The predicted octanol–water partition coefficient (Wildman–Crippen LogP) is 3.18. The first-order valence-corrected chi connectivity index (χ1v) is 8.00. The van der Waals surface area contributed by atoms with E-state index in [-0.39, 0.29) is 18.4 Å². The number of ether oxygens (including phenoxy) is 1. The average molecular weight is 313 g/mol. The van der Waals surface area contributed by atoms with Crippen LogP contribution in [0.1, 0.15) is 49.4 Å². The van der Waals surface area contributed by atoms with Gasteiger partial charge in [-0.3, -0.25) is 4.79 Å². The Morgan fingerprint density at radius 1 is 1.38 bits per heavy atom. The molecular formula is C15H23NO4S. The van der Waals surface area contributed by atoms with Crippen LogP contribution in [0, 0.1) is 0 Å². The van der Waals surface area contributed by atoms with Gasteiger partial charge in [0.05, 0.1) is 18.6 Å². The number of hydrogen-bond donors (Lipinski definition) is 1. The second kappa shape index (κ2) is 8.02. The van der Waals surface area contributed by atoms with Crippen molar-refractivity contribution in [2.45, 2.75) is 46.6 Å². The third-order valence-electron chi connectivity index (χ3n) is 3.06. The van der Waals surface area contributed by atoms with Crippen LogP contribution in [0.2, 0.25) is 0 Å². The van der Waals surface area contributed by atoms with Gasteiger partial charge in [0.1, 0.15) is 5.00 Å². The molecule has 1 aromatic rings. The molecule has 1 N–H and O–H groups in total. The topological polar surface area (TPSA) is 66.8 Å². The van der Waals surface area contributed by atoms with Crippen LogP contribution >= 0.6 is 11.3 Å². The zero-order valence-electron chi connectivity index (χ0n) is 13.0. The lowest BCUT2D eigenvalue weighted by molar-refractivity contribution is -0.136. The van der Waals surface area contributed by atoms with Gasteiger partial charge in [0.2, 0.25) is 0 Å². The molecule has 0 aliphatic carbocycles. The maximum absolute atomic E-state index is 12.1. The van der Waals surface area contributed by atoms with E-state index in [0.717, 1.165) is 16.3 Å². The number of aryl methyl sites for hydroxylation is 1. The molecule has 0 aliphatic rings. The summed E-state index contributed by atoms with van der Waals surface area (Å²) < 4.78 is 5.11. The molecule has 0 atom stereocenters. The van der Waals surface area contributed by atoms with Crippen LogP contribution in [0.3, 0.4) is 0 Å². The van der Waals surface area contributed by atoms with Gasteiger partial charge in [-0.05, 0) is 33.3 Å². The number of aliphatic carboxylic acids is 1. The maximum Gasteiger partial charge on any atom is 0.341 e. The molecule has 5 nitrogen and oxygen atoms in total. The SMILES string of the molecule is CCOC(=O)c1cc(CC)sc1N(CCC(=O)O)C(C)C. The van der Waals surface area contributed by atoms with E-state index in [4.69, 9.17) is 9.84 Å². The first-order chi connectivity index (χ1) is 9.90. The largest absolute Gasteiger partial charge is 0.481 e. The van der Waals surface area contributed by atoms with Crippen molar-refractivity contribution in [1.82, 2.24) is 0 Å². The molecule has 1 rings (SSSR count). The Kier molecular flexibility index (Phi) is 6.68. The van der Waals surface area contributed by atoms with Gasteiger partial charge in [-0.15, -0.1) is 11.3 Å². The number of rotatable bonds is 8.